The van der Waals surface area contributed by atoms with Crippen molar-refractivity contribution in [2.75, 3.05) is 7.11 Å². The van der Waals surface area contributed by atoms with E-state index in [0.29, 0.717) is 17.6 Å². The van der Waals surface area contributed by atoms with Gasteiger partial charge in [-0.05, 0) is 24.6 Å². The van der Waals surface area contributed by atoms with Gasteiger partial charge in [-0.2, -0.15) is 0 Å². The van der Waals surface area contributed by atoms with Crippen LogP contribution in [0.2, 0.25) is 0 Å². The Morgan fingerprint density at radius 1 is 1.50 bits per heavy atom. The summed E-state index contributed by atoms with van der Waals surface area (Å²) in [5.41, 5.74) is 0.714. The monoisotopic (exact) mass is 224 g/mol. The van der Waals surface area contributed by atoms with Crippen molar-refractivity contribution in [2.45, 2.75) is 13.0 Å². The van der Waals surface area contributed by atoms with Gasteiger partial charge in [-0.25, -0.2) is 4.79 Å². The van der Waals surface area contributed by atoms with Crippen LogP contribution in [0.5, 0.6) is 5.75 Å². The van der Waals surface area contributed by atoms with Crippen molar-refractivity contribution >= 4 is 12.3 Å². The van der Waals surface area contributed by atoms with E-state index in [9.17, 15) is 14.7 Å². The van der Waals surface area contributed by atoms with E-state index < -0.39 is 12.1 Å². The first-order valence-corrected chi connectivity index (χ1v) is 4.55. The number of carbonyl (C=O) groups is 2. The highest BCUT2D eigenvalue weighted by Crippen LogP contribution is 2.26. The van der Waals surface area contributed by atoms with Gasteiger partial charge in [-0.1, -0.05) is 0 Å². The van der Waals surface area contributed by atoms with Crippen LogP contribution in [-0.2, 0) is 4.79 Å². The molecule has 1 aromatic rings. The third-order valence-corrected chi connectivity index (χ3v) is 2.26. The maximum atomic E-state index is 10.8. The van der Waals surface area contributed by atoms with Crippen LogP contribution in [-0.4, -0.2) is 29.6 Å². The average Bonchev–Trinajstić information content (AvgIpc) is 2.26. The quantitative estimate of drug-likeness (QED) is 0.743. The van der Waals surface area contributed by atoms with Gasteiger partial charge >= 0.3 is 5.97 Å². The van der Waals surface area contributed by atoms with Crippen LogP contribution in [0.1, 0.15) is 27.6 Å². The van der Waals surface area contributed by atoms with Crippen molar-refractivity contribution in [1.29, 1.82) is 0 Å². The third kappa shape index (κ3) is 2.20. The normalized spacial score (nSPS) is 11.9. The minimum absolute atomic E-state index is 0.100. The summed E-state index contributed by atoms with van der Waals surface area (Å²) in [5, 5.41) is 18.2. The molecule has 0 heterocycles. The first kappa shape index (κ1) is 12.2. The molecule has 0 aliphatic rings. The van der Waals surface area contributed by atoms with Crippen LogP contribution >= 0.6 is 0 Å². The number of aliphatic carboxylic acids is 1. The molecule has 0 saturated heterocycles. The largest absolute Gasteiger partial charge is 0.497 e. The summed E-state index contributed by atoms with van der Waals surface area (Å²) in [4.78, 5) is 21.5. The van der Waals surface area contributed by atoms with E-state index in [4.69, 9.17) is 9.84 Å². The Kier molecular flexibility index (Phi) is 3.63. The Bertz CT molecular complexity index is 425. The van der Waals surface area contributed by atoms with Crippen molar-refractivity contribution in [3.63, 3.8) is 0 Å². The molecule has 0 spiro atoms. The number of hydrogen-bond donors (Lipinski definition) is 2. The number of aldehydes is 1. The van der Waals surface area contributed by atoms with Crippen molar-refractivity contribution in [1.82, 2.24) is 0 Å². The van der Waals surface area contributed by atoms with E-state index in [-0.39, 0.29) is 11.1 Å². The molecular weight excluding hydrogens is 212 g/mol. The lowest BCUT2D eigenvalue weighted by molar-refractivity contribution is -0.147. The van der Waals surface area contributed by atoms with Crippen LogP contribution in [0.4, 0.5) is 0 Å². The Balaban J connectivity index is 3.37. The summed E-state index contributed by atoms with van der Waals surface area (Å²) in [5.74, 6) is -0.947. The number of carboxylic acid groups (broad SMARTS) is 1. The molecular formula is C11H12O5. The molecule has 1 aromatic carbocycles. The molecule has 0 aliphatic carbocycles. The molecule has 1 atom stereocenters. The Morgan fingerprint density at radius 2 is 2.12 bits per heavy atom. The van der Waals surface area contributed by atoms with E-state index in [1.807, 2.05) is 0 Å². The van der Waals surface area contributed by atoms with Gasteiger partial charge in [0, 0.05) is 11.1 Å². The number of carbonyl (C=O) groups excluding carboxylic acids is 1. The summed E-state index contributed by atoms with van der Waals surface area (Å²) in [6.45, 7) is 1.61. The second kappa shape index (κ2) is 4.76. The Morgan fingerprint density at radius 3 is 2.56 bits per heavy atom. The van der Waals surface area contributed by atoms with Gasteiger partial charge in [0.25, 0.3) is 0 Å². The maximum absolute atomic E-state index is 10.8. The molecule has 1 rings (SSSR count). The van der Waals surface area contributed by atoms with Crippen LogP contribution in [0, 0.1) is 6.92 Å². The summed E-state index contributed by atoms with van der Waals surface area (Å²) < 4.78 is 4.94. The number of carboxylic acids is 1. The van der Waals surface area contributed by atoms with Crippen LogP contribution in [0.3, 0.4) is 0 Å². The molecule has 16 heavy (non-hydrogen) atoms. The number of methoxy groups -OCH3 is 1. The zero-order valence-corrected chi connectivity index (χ0v) is 8.93. The maximum Gasteiger partial charge on any atom is 0.337 e. The molecule has 0 aliphatic heterocycles. The minimum Gasteiger partial charge on any atom is -0.497 e. The number of aliphatic hydroxyl groups is 1. The van der Waals surface area contributed by atoms with Gasteiger partial charge in [-0.3, -0.25) is 4.79 Å². The van der Waals surface area contributed by atoms with Gasteiger partial charge in [0.1, 0.15) is 5.75 Å². The van der Waals surface area contributed by atoms with E-state index in [1.54, 1.807) is 13.0 Å². The lowest BCUT2D eigenvalue weighted by Crippen LogP contribution is -2.14. The van der Waals surface area contributed by atoms with Crippen LogP contribution < -0.4 is 4.74 Å². The summed E-state index contributed by atoms with van der Waals surface area (Å²) in [6, 6.07) is 2.95. The predicted molar refractivity (Wildman–Crippen MR) is 55.7 cm³/mol. The number of hydrogen-bond acceptors (Lipinski definition) is 4. The Hall–Kier alpha value is -1.88. The number of benzene rings is 1. The number of aryl methyl sites for hydroxylation is 1. The van der Waals surface area contributed by atoms with Crippen LogP contribution in [0.25, 0.3) is 0 Å². The van der Waals surface area contributed by atoms with Crippen molar-refractivity contribution < 1.29 is 24.5 Å². The van der Waals surface area contributed by atoms with Gasteiger partial charge in [0.2, 0.25) is 0 Å². The molecule has 0 bridgehead atoms. The number of rotatable bonds is 4. The standard InChI is InChI=1S/C11H12O5/c1-6-3-8(16-2)4-7(5-12)9(6)10(13)11(14)15/h3-5,10,13H,1-2H3,(H,14,15). The summed E-state index contributed by atoms with van der Waals surface area (Å²) >= 11 is 0. The zero-order valence-electron chi connectivity index (χ0n) is 8.93. The van der Waals surface area contributed by atoms with Crippen LogP contribution in [0.15, 0.2) is 12.1 Å². The lowest BCUT2D eigenvalue weighted by atomic mass is 9.97. The van der Waals surface area contributed by atoms with Gasteiger partial charge in [-0.15, -0.1) is 0 Å². The topological polar surface area (TPSA) is 83.8 Å². The molecule has 0 radical (unpaired) electrons. The summed E-state index contributed by atoms with van der Waals surface area (Å²) in [7, 11) is 1.44. The van der Waals surface area contributed by atoms with Crippen molar-refractivity contribution in [3.8, 4) is 5.75 Å². The summed E-state index contributed by atoms with van der Waals surface area (Å²) in [6.07, 6.45) is -1.21. The third-order valence-electron chi connectivity index (χ3n) is 2.26. The fourth-order valence-corrected chi connectivity index (χ4v) is 1.50. The fourth-order valence-electron chi connectivity index (χ4n) is 1.50. The number of aliphatic hydroxyl groups excluding tert-OH is 1. The molecule has 5 nitrogen and oxygen atoms in total. The molecule has 5 heteroatoms. The average molecular weight is 224 g/mol. The molecule has 0 amide bonds. The Labute approximate surface area is 92.3 Å². The highest BCUT2D eigenvalue weighted by Gasteiger charge is 2.22. The molecule has 0 saturated carbocycles. The highest BCUT2D eigenvalue weighted by molar-refractivity contribution is 5.84. The van der Waals surface area contributed by atoms with E-state index in [0.717, 1.165) is 0 Å². The predicted octanol–water partition coefficient (Wildman–Crippen LogP) is 0.934. The number of ether oxygens (including phenoxy) is 1. The molecule has 0 aromatic heterocycles. The first-order chi connectivity index (χ1) is 7.51. The van der Waals surface area contributed by atoms with Crippen molar-refractivity contribution in [3.05, 3.63) is 28.8 Å². The molecule has 2 N–H and O–H groups in total. The second-order valence-electron chi connectivity index (χ2n) is 3.31. The van der Waals surface area contributed by atoms with Gasteiger partial charge < -0.3 is 14.9 Å². The highest BCUT2D eigenvalue weighted by atomic mass is 16.5. The molecule has 86 valence electrons. The zero-order chi connectivity index (χ0) is 12.3. The minimum atomic E-state index is -1.70. The lowest BCUT2D eigenvalue weighted by Gasteiger charge is -2.13. The van der Waals surface area contributed by atoms with Gasteiger partial charge in [0.15, 0.2) is 12.4 Å². The van der Waals surface area contributed by atoms with E-state index in [1.165, 1.54) is 13.2 Å². The molecule has 1 unspecified atom stereocenters. The van der Waals surface area contributed by atoms with E-state index in [2.05, 4.69) is 0 Å². The first-order valence-electron chi connectivity index (χ1n) is 4.55. The van der Waals surface area contributed by atoms with E-state index >= 15 is 0 Å². The smallest absolute Gasteiger partial charge is 0.337 e. The van der Waals surface area contributed by atoms with Gasteiger partial charge in [0.05, 0.1) is 7.11 Å². The van der Waals surface area contributed by atoms with Crippen molar-refractivity contribution in [2.24, 2.45) is 0 Å². The molecule has 0 fully saturated rings. The fraction of sp³-hybridized carbons (Fsp3) is 0.273. The SMILES string of the molecule is COc1cc(C)c(C(O)C(=O)O)c(C=O)c1. The second-order valence-corrected chi connectivity index (χ2v) is 3.31.